The lowest BCUT2D eigenvalue weighted by Gasteiger charge is -2.03. The first kappa shape index (κ1) is 13.3. The quantitative estimate of drug-likeness (QED) is 0.492. The van der Waals surface area contributed by atoms with Crippen molar-refractivity contribution in [2.24, 2.45) is 0 Å². The Morgan fingerprint density at radius 1 is 1.16 bits per heavy atom. The van der Waals surface area contributed by atoms with Crippen LogP contribution in [0.1, 0.15) is 0 Å². The van der Waals surface area contributed by atoms with Gasteiger partial charge >= 0.3 is 0 Å². The topological polar surface area (TPSA) is 56.0 Å². The van der Waals surface area contributed by atoms with Crippen molar-refractivity contribution in [1.82, 2.24) is 4.98 Å². The van der Waals surface area contributed by atoms with Crippen LogP contribution in [0.15, 0.2) is 40.3 Å². The Labute approximate surface area is 109 Å². The van der Waals surface area contributed by atoms with Crippen LogP contribution in [0.3, 0.4) is 0 Å². The molecular weight excluding hydrogens is 281 g/mol. The number of para-hydroxylation sites is 1. The molecule has 0 unspecified atom stereocenters. The lowest BCUT2D eigenvalue weighted by molar-refractivity contribution is -0.387. The second kappa shape index (κ2) is 5.27. The fourth-order valence-corrected chi connectivity index (χ4v) is 2.18. The number of benzene rings is 1. The van der Waals surface area contributed by atoms with Crippen molar-refractivity contribution in [2.75, 3.05) is 0 Å². The summed E-state index contributed by atoms with van der Waals surface area (Å²) in [6.45, 7) is 0. The van der Waals surface area contributed by atoms with E-state index in [0.717, 1.165) is 0 Å². The predicted molar refractivity (Wildman–Crippen MR) is 61.3 cm³/mol. The number of hydrogen-bond acceptors (Lipinski definition) is 4. The van der Waals surface area contributed by atoms with Gasteiger partial charge in [-0.05, 0) is 6.07 Å². The molecule has 8 heteroatoms. The number of nitro groups is 1. The van der Waals surface area contributed by atoms with Crippen molar-refractivity contribution in [3.63, 3.8) is 0 Å². The van der Waals surface area contributed by atoms with Crippen molar-refractivity contribution in [1.29, 1.82) is 0 Å². The molecule has 0 N–H and O–H groups in total. The highest BCUT2D eigenvalue weighted by Gasteiger charge is 2.18. The molecule has 1 aromatic heterocycles. The van der Waals surface area contributed by atoms with Gasteiger partial charge in [0.15, 0.2) is 11.6 Å². The Hall–Kier alpha value is -2.09. The van der Waals surface area contributed by atoms with E-state index in [0.29, 0.717) is 17.8 Å². The SMILES string of the molecule is O=[N+]([O-])c1ccccc1Sc1nc(F)c(F)cc1F. The lowest BCUT2D eigenvalue weighted by atomic mass is 10.3. The predicted octanol–water partition coefficient (Wildman–Crippen LogP) is 3.56. The zero-order valence-corrected chi connectivity index (χ0v) is 9.96. The monoisotopic (exact) mass is 286 g/mol. The second-order valence-corrected chi connectivity index (χ2v) is 4.41. The Morgan fingerprint density at radius 3 is 2.53 bits per heavy atom. The Kier molecular flexibility index (Phi) is 3.70. The molecule has 2 aromatic rings. The summed E-state index contributed by atoms with van der Waals surface area (Å²) in [4.78, 5) is 13.3. The second-order valence-electron chi connectivity index (χ2n) is 3.37. The van der Waals surface area contributed by atoms with E-state index in [1.807, 2.05) is 0 Å². The molecule has 0 aliphatic rings. The van der Waals surface area contributed by atoms with E-state index in [1.165, 1.54) is 24.3 Å². The van der Waals surface area contributed by atoms with E-state index in [2.05, 4.69) is 4.98 Å². The van der Waals surface area contributed by atoms with E-state index < -0.39 is 27.5 Å². The van der Waals surface area contributed by atoms with Gasteiger partial charge < -0.3 is 0 Å². The smallest absolute Gasteiger partial charge is 0.258 e. The first-order valence-corrected chi connectivity index (χ1v) is 5.73. The largest absolute Gasteiger partial charge is 0.283 e. The van der Waals surface area contributed by atoms with Crippen LogP contribution in [0.4, 0.5) is 18.9 Å². The summed E-state index contributed by atoms with van der Waals surface area (Å²) in [5, 5.41) is 10.3. The van der Waals surface area contributed by atoms with Crippen molar-refractivity contribution >= 4 is 17.4 Å². The maximum atomic E-state index is 13.4. The fourth-order valence-electron chi connectivity index (χ4n) is 1.30. The maximum absolute atomic E-state index is 13.4. The van der Waals surface area contributed by atoms with Gasteiger partial charge in [0.1, 0.15) is 5.03 Å². The van der Waals surface area contributed by atoms with Crippen LogP contribution in [-0.4, -0.2) is 9.91 Å². The van der Waals surface area contributed by atoms with Gasteiger partial charge in [-0.15, -0.1) is 0 Å². The van der Waals surface area contributed by atoms with E-state index in [9.17, 15) is 23.3 Å². The number of rotatable bonds is 3. The molecule has 4 nitrogen and oxygen atoms in total. The fraction of sp³-hybridized carbons (Fsp3) is 0. The lowest BCUT2D eigenvalue weighted by Crippen LogP contribution is -1.96. The van der Waals surface area contributed by atoms with Gasteiger partial charge in [0, 0.05) is 12.1 Å². The van der Waals surface area contributed by atoms with Gasteiger partial charge in [-0.2, -0.15) is 4.39 Å². The molecular formula is C11H5F3N2O2S. The van der Waals surface area contributed by atoms with Crippen LogP contribution in [0.5, 0.6) is 0 Å². The number of nitro benzene ring substituents is 1. The zero-order valence-electron chi connectivity index (χ0n) is 9.14. The Balaban J connectivity index is 2.42. The Morgan fingerprint density at radius 2 is 1.84 bits per heavy atom. The van der Waals surface area contributed by atoms with Gasteiger partial charge in [-0.25, -0.2) is 13.8 Å². The first-order valence-electron chi connectivity index (χ1n) is 4.92. The third-order valence-corrected chi connectivity index (χ3v) is 3.17. The number of hydrogen-bond donors (Lipinski definition) is 0. The summed E-state index contributed by atoms with van der Waals surface area (Å²) in [5.74, 6) is -3.95. The summed E-state index contributed by atoms with van der Waals surface area (Å²) in [7, 11) is 0. The molecule has 0 aliphatic carbocycles. The highest BCUT2D eigenvalue weighted by molar-refractivity contribution is 7.99. The molecule has 1 aromatic carbocycles. The highest BCUT2D eigenvalue weighted by Crippen LogP contribution is 2.34. The third-order valence-electron chi connectivity index (χ3n) is 2.12. The molecule has 0 spiro atoms. The third kappa shape index (κ3) is 2.84. The van der Waals surface area contributed by atoms with Gasteiger partial charge in [-0.3, -0.25) is 10.1 Å². The molecule has 0 bridgehead atoms. The van der Waals surface area contributed by atoms with Gasteiger partial charge in [0.25, 0.3) is 5.69 Å². The first-order chi connectivity index (χ1) is 8.99. The number of nitrogens with zero attached hydrogens (tertiary/aromatic N) is 2. The molecule has 0 atom stereocenters. The summed E-state index contributed by atoms with van der Waals surface area (Å²) in [6, 6.07) is 5.88. The molecule has 0 amide bonds. The van der Waals surface area contributed by atoms with E-state index in [4.69, 9.17) is 0 Å². The van der Waals surface area contributed by atoms with Crippen molar-refractivity contribution in [3.8, 4) is 0 Å². The van der Waals surface area contributed by atoms with Crippen molar-refractivity contribution in [2.45, 2.75) is 9.92 Å². The van der Waals surface area contributed by atoms with Crippen LogP contribution < -0.4 is 0 Å². The molecule has 1 heterocycles. The molecule has 0 saturated carbocycles. The summed E-state index contributed by atoms with van der Waals surface area (Å²) < 4.78 is 39.0. The van der Waals surface area contributed by atoms with Crippen LogP contribution in [-0.2, 0) is 0 Å². The number of pyridine rings is 1. The zero-order chi connectivity index (χ0) is 14.0. The highest BCUT2D eigenvalue weighted by atomic mass is 32.2. The summed E-state index contributed by atoms with van der Waals surface area (Å²) in [5.41, 5.74) is -0.265. The normalized spacial score (nSPS) is 10.5. The van der Waals surface area contributed by atoms with Crippen molar-refractivity contribution in [3.05, 3.63) is 58.0 Å². The maximum Gasteiger partial charge on any atom is 0.283 e. The van der Waals surface area contributed by atoms with Crippen molar-refractivity contribution < 1.29 is 18.1 Å². The number of aromatic nitrogens is 1. The van der Waals surface area contributed by atoms with Crippen LogP contribution in [0.25, 0.3) is 0 Å². The minimum atomic E-state index is -1.46. The van der Waals surface area contributed by atoms with Gasteiger partial charge in [0.2, 0.25) is 5.95 Å². The van der Waals surface area contributed by atoms with Crippen LogP contribution in [0.2, 0.25) is 0 Å². The van der Waals surface area contributed by atoms with E-state index >= 15 is 0 Å². The average molecular weight is 286 g/mol. The standard InChI is InChI=1S/C11H5F3N2O2S/c12-6-5-7(13)11(15-10(6)14)19-9-4-2-1-3-8(9)16(17)18/h1-5H. The molecule has 0 radical (unpaired) electrons. The summed E-state index contributed by atoms with van der Waals surface area (Å²) >= 11 is 0.558. The minimum absolute atomic E-state index is 0.0879. The molecule has 98 valence electrons. The van der Waals surface area contributed by atoms with E-state index in [-0.39, 0.29) is 10.6 Å². The Bertz CT molecular complexity index is 652. The van der Waals surface area contributed by atoms with Gasteiger partial charge in [0.05, 0.1) is 9.82 Å². The molecule has 0 saturated heterocycles. The van der Waals surface area contributed by atoms with E-state index in [1.54, 1.807) is 0 Å². The van der Waals surface area contributed by atoms with Crippen LogP contribution in [0, 0.1) is 27.7 Å². The number of halogens is 3. The van der Waals surface area contributed by atoms with Crippen LogP contribution >= 0.6 is 11.8 Å². The van der Waals surface area contributed by atoms with Gasteiger partial charge in [-0.1, -0.05) is 23.9 Å². The molecule has 19 heavy (non-hydrogen) atoms. The average Bonchev–Trinajstić information content (AvgIpc) is 2.36. The molecule has 2 rings (SSSR count). The molecule has 0 aliphatic heterocycles. The molecule has 0 fully saturated rings. The minimum Gasteiger partial charge on any atom is -0.258 e. The summed E-state index contributed by atoms with van der Waals surface area (Å²) in [6.07, 6.45) is 0.